The fraction of sp³-hybridized carbons (Fsp3) is 0.286. The average Bonchev–Trinajstić information content (AvgIpc) is 2.81. The Morgan fingerprint density at radius 3 is 2.00 bits per heavy atom. The van der Waals surface area contributed by atoms with Gasteiger partial charge in [0.05, 0.1) is 11.4 Å². The summed E-state index contributed by atoms with van der Waals surface area (Å²) in [6.45, 7) is 0.874. The van der Waals surface area contributed by atoms with E-state index < -0.39 is 0 Å². The van der Waals surface area contributed by atoms with E-state index in [-0.39, 0.29) is 12.6 Å². The van der Waals surface area contributed by atoms with Crippen molar-refractivity contribution in [2.45, 2.75) is 25.7 Å². The Kier molecular flexibility index (Phi) is 5.86. The first-order valence-corrected chi connectivity index (χ1v) is 8.86. The molecule has 2 aromatic rings. The summed E-state index contributed by atoms with van der Waals surface area (Å²) >= 11 is 0. The third kappa shape index (κ3) is 4.09. The third-order valence-corrected chi connectivity index (χ3v) is 4.36. The van der Waals surface area contributed by atoms with Gasteiger partial charge < -0.3 is 10.4 Å². The second-order valence-corrected chi connectivity index (χ2v) is 6.16. The van der Waals surface area contributed by atoms with Crippen LogP contribution < -0.4 is 10.2 Å². The third-order valence-electron chi connectivity index (χ3n) is 4.36. The van der Waals surface area contributed by atoms with Crippen molar-refractivity contribution in [1.29, 1.82) is 0 Å². The topological polar surface area (TPSA) is 52.6 Å². The van der Waals surface area contributed by atoms with Gasteiger partial charge in [0.15, 0.2) is 0 Å². The predicted octanol–water partition coefficient (Wildman–Crippen LogP) is 4.57. The summed E-state index contributed by atoms with van der Waals surface area (Å²) in [6, 6.07) is 15.8. The highest BCUT2D eigenvalue weighted by atomic mass is 16.2. The summed E-state index contributed by atoms with van der Waals surface area (Å²) in [5.74, 6) is 0. The molecular weight excluding hydrogens is 312 g/mol. The fourth-order valence-electron chi connectivity index (χ4n) is 3.06. The first kappa shape index (κ1) is 17.2. The molecule has 4 heteroatoms. The second-order valence-electron chi connectivity index (χ2n) is 6.16. The number of rotatable bonds is 6. The first-order valence-electron chi connectivity index (χ1n) is 8.86. The van der Waals surface area contributed by atoms with Gasteiger partial charge in [-0.3, -0.25) is 4.90 Å². The van der Waals surface area contributed by atoms with Crippen molar-refractivity contribution >= 4 is 29.6 Å². The summed E-state index contributed by atoms with van der Waals surface area (Å²) in [5, 5.41) is 11.8. The monoisotopic (exact) mass is 336 g/mol. The van der Waals surface area contributed by atoms with Crippen LogP contribution in [0.3, 0.4) is 0 Å². The van der Waals surface area contributed by atoms with Crippen molar-refractivity contribution in [3.63, 3.8) is 0 Å². The number of carbonyl (C=O) groups excluding carboxylic acids is 1. The number of anilines is 2. The maximum absolute atomic E-state index is 12.9. The van der Waals surface area contributed by atoms with Crippen LogP contribution in [0.4, 0.5) is 16.2 Å². The highest BCUT2D eigenvalue weighted by Crippen LogP contribution is 2.36. The zero-order valence-corrected chi connectivity index (χ0v) is 14.3. The minimum Gasteiger partial charge on any atom is -0.396 e. The van der Waals surface area contributed by atoms with E-state index in [0.717, 1.165) is 48.2 Å². The van der Waals surface area contributed by atoms with Gasteiger partial charge in [0.1, 0.15) is 0 Å². The normalized spacial score (nSPS) is 12.3. The van der Waals surface area contributed by atoms with Crippen LogP contribution >= 0.6 is 0 Å². The molecule has 25 heavy (non-hydrogen) atoms. The molecule has 1 aliphatic rings. The molecular formula is C21H24N2O2. The van der Waals surface area contributed by atoms with E-state index in [1.807, 2.05) is 48.5 Å². The molecule has 0 bridgehead atoms. The molecule has 2 amide bonds. The minimum atomic E-state index is -0.106. The Hall–Kier alpha value is -2.59. The van der Waals surface area contributed by atoms with Crippen LogP contribution in [0.2, 0.25) is 0 Å². The number of para-hydroxylation sites is 2. The van der Waals surface area contributed by atoms with Crippen molar-refractivity contribution in [2.24, 2.45) is 0 Å². The minimum absolute atomic E-state index is 0.106. The largest absolute Gasteiger partial charge is 0.396 e. The summed E-state index contributed by atoms with van der Waals surface area (Å²) in [6.07, 6.45) is 7.85. The molecule has 4 nitrogen and oxygen atoms in total. The zero-order chi connectivity index (χ0) is 17.5. The lowest BCUT2D eigenvalue weighted by atomic mass is 10.1. The van der Waals surface area contributed by atoms with Crippen LogP contribution in [0.15, 0.2) is 48.5 Å². The number of benzene rings is 2. The van der Waals surface area contributed by atoms with E-state index in [4.69, 9.17) is 5.11 Å². The highest BCUT2D eigenvalue weighted by molar-refractivity contribution is 6.05. The number of unbranched alkanes of at least 4 members (excludes halogenated alkanes) is 3. The van der Waals surface area contributed by atoms with E-state index in [2.05, 4.69) is 17.5 Å². The molecule has 0 saturated carbocycles. The molecule has 0 saturated heterocycles. The van der Waals surface area contributed by atoms with Crippen LogP contribution in [0.1, 0.15) is 36.8 Å². The number of hydrogen-bond donors (Lipinski definition) is 2. The standard InChI is InChI=1S/C21H24N2O2/c24-16-8-2-1-7-15-22-21(25)23-19-11-5-3-9-17(19)13-14-18-10-4-6-12-20(18)23/h3-6,9-14,24H,1-2,7-8,15-16H2,(H,22,25). The van der Waals surface area contributed by atoms with Gasteiger partial charge in [-0.25, -0.2) is 4.79 Å². The lowest BCUT2D eigenvalue weighted by molar-refractivity contribution is 0.248. The molecule has 0 unspecified atom stereocenters. The van der Waals surface area contributed by atoms with Crippen molar-refractivity contribution in [1.82, 2.24) is 5.32 Å². The Morgan fingerprint density at radius 2 is 1.40 bits per heavy atom. The van der Waals surface area contributed by atoms with Crippen molar-refractivity contribution < 1.29 is 9.90 Å². The average molecular weight is 336 g/mol. The van der Waals surface area contributed by atoms with Crippen LogP contribution in [-0.2, 0) is 0 Å². The van der Waals surface area contributed by atoms with Gasteiger partial charge in [0.25, 0.3) is 0 Å². The van der Waals surface area contributed by atoms with Crippen molar-refractivity contribution in [3.8, 4) is 0 Å². The van der Waals surface area contributed by atoms with Crippen molar-refractivity contribution in [2.75, 3.05) is 18.1 Å². The molecule has 1 heterocycles. The summed E-state index contributed by atoms with van der Waals surface area (Å²) in [5.41, 5.74) is 3.83. The van der Waals surface area contributed by atoms with Crippen LogP contribution in [0.5, 0.6) is 0 Å². The fourth-order valence-corrected chi connectivity index (χ4v) is 3.06. The number of aliphatic hydroxyl groups is 1. The number of nitrogens with one attached hydrogen (secondary N) is 1. The first-order chi connectivity index (χ1) is 12.3. The maximum atomic E-state index is 12.9. The smallest absolute Gasteiger partial charge is 0.326 e. The molecule has 0 fully saturated rings. The SMILES string of the molecule is O=C(NCCCCCCO)N1c2ccccc2C=Cc2ccccc21. The van der Waals surface area contributed by atoms with E-state index in [1.165, 1.54) is 0 Å². The van der Waals surface area contributed by atoms with Gasteiger partial charge in [-0.05, 0) is 36.1 Å². The Bertz CT molecular complexity index is 706. The summed E-state index contributed by atoms with van der Waals surface area (Å²) in [7, 11) is 0. The van der Waals surface area contributed by atoms with Gasteiger partial charge in [0, 0.05) is 13.2 Å². The molecule has 2 N–H and O–H groups in total. The zero-order valence-electron chi connectivity index (χ0n) is 14.3. The second kappa shape index (κ2) is 8.49. The van der Waals surface area contributed by atoms with E-state index in [9.17, 15) is 4.79 Å². The summed E-state index contributed by atoms with van der Waals surface area (Å²) in [4.78, 5) is 14.7. The van der Waals surface area contributed by atoms with Gasteiger partial charge in [0.2, 0.25) is 0 Å². The van der Waals surface area contributed by atoms with Gasteiger partial charge in [-0.2, -0.15) is 0 Å². The lowest BCUT2D eigenvalue weighted by Crippen LogP contribution is -2.37. The molecule has 0 aromatic heterocycles. The number of nitrogens with zero attached hydrogens (tertiary/aromatic N) is 1. The van der Waals surface area contributed by atoms with E-state index in [0.29, 0.717) is 6.54 Å². The predicted molar refractivity (Wildman–Crippen MR) is 103 cm³/mol. The Morgan fingerprint density at radius 1 is 0.840 bits per heavy atom. The number of fused-ring (bicyclic) bond motifs is 2. The number of carbonyl (C=O) groups is 1. The lowest BCUT2D eigenvalue weighted by Gasteiger charge is -2.25. The quantitative estimate of drug-likeness (QED) is 0.759. The maximum Gasteiger partial charge on any atom is 0.326 e. The van der Waals surface area contributed by atoms with E-state index >= 15 is 0 Å². The van der Waals surface area contributed by atoms with Crippen molar-refractivity contribution in [3.05, 3.63) is 59.7 Å². The Balaban J connectivity index is 1.77. The number of urea groups is 1. The van der Waals surface area contributed by atoms with Crippen LogP contribution in [-0.4, -0.2) is 24.3 Å². The molecule has 0 radical (unpaired) electrons. The molecule has 0 atom stereocenters. The summed E-state index contributed by atoms with van der Waals surface area (Å²) < 4.78 is 0. The van der Waals surface area contributed by atoms with Crippen LogP contribution in [0, 0.1) is 0 Å². The number of amides is 2. The van der Waals surface area contributed by atoms with Crippen LogP contribution in [0.25, 0.3) is 12.2 Å². The van der Waals surface area contributed by atoms with Gasteiger partial charge >= 0.3 is 6.03 Å². The molecule has 2 aromatic carbocycles. The molecule has 0 aliphatic carbocycles. The van der Waals surface area contributed by atoms with Gasteiger partial charge in [-0.1, -0.05) is 61.4 Å². The molecule has 0 spiro atoms. The number of hydrogen-bond acceptors (Lipinski definition) is 2. The van der Waals surface area contributed by atoms with E-state index in [1.54, 1.807) is 4.90 Å². The van der Waals surface area contributed by atoms with Gasteiger partial charge in [-0.15, -0.1) is 0 Å². The number of aliphatic hydroxyl groups excluding tert-OH is 1. The Labute approximate surface area is 148 Å². The molecule has 1 aliphatic heterocycles. The molecule has 3 rings (SSSR count). The highest BCUT2D eigenvalue weighted by Gasteiger charge is 2.23. The molecule has 130 valence electrons.